The summed E-state index contributed by atoms with van der Waals surface area (Å²) in [5.74, 6) is 0.730. The van der Waals surface area contributed by atoms with Gasteiger partial charge in [-0.1, -0.05) is 25.1 Å². The Morgan fingerprint density at radius 1 is 1.38 bits per heavy atom. The van der Waals surface area contributed by atoms with Crippen molar-refractivity contribution in [2.24, 2.45) is 5.92 Å². The molecule has 0 bridgehead atoms. The SMILES string of the molecule is C[C@H]1CCN[C@H]1c1ccccc1S. The Bertz CT molecular complexity index is 298. The minimum Gasteiger partial charge on any atom is -0.310 e. The normalized spacial score (nSPS) is 27.8. The van der Waals surface area contributed by atoms with Crippen LogP contribution in [0.4, 0.5) is 0 Å². The van der Waals surface area contributed by atoms with E-state index >= 15 is 0 Å². The first-order chi connectivity index (χ1) is 6.29. The Kier molecular flexibility index (Phi) is 2.61. The van der Waals surface area contributed by atoms with Gasteiger partial charge in [0, 0.05) is 10.9 Å². The lowest BCUT2D eigenvalue weighted by Gasteiger charge is -2.17. The van der Waals surface area contributed by atoms with Crippen molar-refractivity contribution in [3.8, 4) is 0 Å². The summed E-state index contributed by atoms with van der Waals surface area (Å²) in [6.45, 7) is 3.43. The molecule has 0 spiro atoms. The molecule has 1 saturated heterocycles. The van der Waals surface area contributed by atoms with Gasteiger partial charge in [0.25, 0.3) is 0 Å². The van der Waals surface area contributed by atoms with Gasteiger partial charge in [-0.2, -0.15) is 0 Å². The lowest BCUT2D eigenvalue weighted by Crippen LogP contribution is -2.16. The number of thiol groups is 1. The van der Waals surface area contributed by atoms with E-state index in [4.69, 9.17) is 0 Å². The Balaban J connectivity index is 2.29. The molecule has 1 nitrogen and oxygen atoms in total. The Morgan fingerprint density at radius 3 is 2.77 bits per heavy atom. The van der Waals surface area contributed by atoms with E-state index in [-0.39, 0.29) is 0 Å². The van der Waals surface area contributed by atoms with Crippen LogP contribution in [0.5, 0.6) is 0 Å². The van der Waals surface area contributed by atoms with Crippen LogP contribution in [0.15, 0.2) is 29.2 Å². The first kappa shape index (κ1) is 9.10. The Labute approximate surface area is 85.0 Å². The van der Waals surface area contributed by atoms with Crippen LogP contribution in [-0.4, -0.2) is 6.54 Å². The fourth-order valence-corrected chi connectivity index (χ4v) is 2.30. The van der Waals surface area contributed by atoms with Crippen LogP contribution in [-0.2, 0) is 0 Å². The van der Waals surface area contributed by atoms with Gasteiger partial charge in [-0.25, -0.2) is 0 Å². The lowest BCUT2D eigenvalue weighted by atomic mass is 9.96. The van der Waals surface area contributed by atoms with Gasteiger partial charge in [0.15, 0.2) is 0 Å². The van der Waals surface area contributed by atoms with Crippen LogP contribution in [0.3, 0.4) is 0 Å². The highest BCUT2D eigenvalue weighted by atomic mass is 32.1. The smallest absolute Gasteiger partial charge is 0.0357 e. The van der Waals surface area contributed by atoms with Gasteiger partial charge in [0.2, 0.25) is 0 Å². The van der Waals surface area contributed by atoms with Gasteiger partial charge in [0.1, 0.15) is 0 Å². The molecule has 70 valence electrons. The largest absolute Gasteiger partial charge is 0.310 e. The fraction of sp³-hybridized carbons (Fsp3) is 0.455. The molecule has 1 aromatic rings. The molecule has 0 radical (unpaired) electrons. The molecule has 2 atom stereocenters. The third kappa shape index (κ3) is 1.74. The summed E-state index contributed by atoms with van der Waals surface area (Å²) in [5, 5.41) is 3.51. The van der Waals surface area contributed by atoms with E-state index in [1.165, 1.54) is 12.0 Å². The van der Waals surface area contributed by atoms with Crippen LogP contribution in [0.25, 0.3) is 0 Å². The van der Waals surface area contributed by atoms with Crippen molar-refractivity contribution in [2.75, 3.05) is 6.54 Å². The predicted octanol–water partition coefficient (Wildman–Crippen LogP) is 2.65. The molecule has 0 unspecified atom stereocenters. The molecule has 0 aromatic heterocycles. The van der Waals surface area contributed by atoms with Crippen molar-refractivity contribution in [3.05, 3.63) is 29.8 Å². The molecule has 0 amide bonds. The first-order valence-corrected chi connectivity index (χ1v) is 5.25. The fourth-order valence-electron chi connectivity index (χ4n) is 2.00. The highest BCUT2D eigenvalue weighted by Gasteiger charge is 2.25. The highest BCUT2D eigenvalue weighted by molar-refractivity contribution is 7.80. The molecule has 1 fully saturated rings. The molecule has 1 aliphatic rings. The van der Waals surface area contributed by atoms with Crippen molar-refractivity contribution in [1.82, 2.24) is 5.32 Å². The Hall–Kier alpha value is -0.470. The summed E-state index contributed by atoms with van der Waals surface area (Å²) in [5.41, 5.74) is 1.34. The molecule has 0 aliphatic carbocycles. The number of hydrogen-bond acceptors (Lipinski definition) is 2. The molecule has 13 heavy (non-hydrogen) atoms. The maximum absolute atomic E-state index is 4.47. The van der Waals surface area contributed by atoms with Crippen molar-refractivity contribution in [2.45, 2.75) is 24.3 Å². The summed E-state index contributed by atoms with van der Waals surface area (Å²) in [6.07, 6.45) is 1.27. The van der Waals surface area contributed by atoms with Crippen molar-refractivity contribution in [3.63, 3.8) is 0 Å². The topological polar surface area (TPSA) is 12.0 Å². The van der Waals surface area contributed by atoms with E-state index in [1.807, 2.05) is 6.07 Å². The summed E-state index contributed by atoms with van der Waals surface area (Å²) < 4.78 is 0. The van der Waals surface area contributed by atoms with Crippen molar-refractivity contribution < 1.29 is 0 Å². The maximum Gasteiger partial charge on any atom is 0.0357 e. The minimum absolute atomic E-state index is 0.508. The standard InChI is InChI=1S/C11H15NS/c1-8-6-7-12-11(8)9-4-2-3-5-10(9)13/h2-5,8,11-13H,6-7H2,1H3/t8-,11+/m0/s1. The average molecular weight is 193 g/mol. The summed E-state index contributed by atoms with van der Waals surface area (Å²) in [6, 6.07) is 8.86. The van der Waals surface area contributed by atoms with Gasteiger partial charge in [-0.05, 0) is 30.5 Å². The maximum atomic E-state index is 4.47. The molecule has 2 heteroatoms. The van der Waals surface area contributed by atoms with E-state index in [2.05, 4.69) is 43.1 Å². The van der Waals surface area contributed by atoms with Crippen molar-refractivity contribution >= 4 is 12.6 Å². The molecule has 0 saturated carbocycles. The second-order valence-electron chi connectivity index (χ2n) is 3.76. The first-order valence-electron chi connectivity index (χ1n) is 4.80. The van der Waals surface area contributed by atoms with Gasteiger partial charge in [-0.15, -0.1) is 12.6 Å². The summed E-state index contributed by atoms with van der Waals surface area (Å²) in [4.78, 5) is 1.11. The third-order valence-corrected chi connectivity index (χ3v) is 3.21. The second-order valence-corrected chi connectivity index (χ2v) is 4.24. The monoisotopic (exact) mass is 193 g/mol. The summed E-state index contributed by atoms with van der Waals surface area (Å²) >= 11 is 4.47. The zero-order chi connectivity index (χ0) is 9.26. The van der Waals surface area contributed by atoms with Crippen LogP contribution < -0.4 is 5.32 Å². The zero-order valence-electron chi connectivity index (χ0n) is 7.83. The molecular weight excluding hydrogens is 178 g/mol. The number of benzene rings is 1. The Morgan fingerprint density at radius 2 is 2.15 bits per heavy atom. The molecular formula is C11H15NS. The van der Waals surface area contributed by atoms with Crippen LogP contribution in [0.1, 0.15) is 24.9 Å². The number of nitrogens with one attached hydrogen (secondary N) is 1. The zero-order valence-corrected chi connectivity index (χ0v) is 8.72. The van der Waals surface area contributed by atoms with E-state index in [0.717, 1.165) is 17.4 Å². The van der Waals surface area contributed by atoms with E-state index < -0.39 is 0 Å². The summed E-state index contributed by atoms with van der Waals surface area (Å²) in [7, 11) is 0. The molecule has 1 heterocycles. The highest BCUT2D eigenvalue weighted by Crippen LogP contribution is 2.32. The molecule has 1 N–H and O–H groups in total. The molecule has 2 rings (SSSR count). The minimum atomic E-state index is 0.508. The van der Waals surface area contributed by atoms with Gasteiger partial charge in [0.05, 0.1) is 0 Å². The number of hydrogen-bond donors (Lipinski definition) is 2. The quantitative estimate of drug-likeness (QED) is 0.653. The predicted molar refractivity (Wildman–Crippen MR) is 58.2 cm³/mol. The molecule has 1 aromatic carbocycles. The van der Waals surface area contributed by atoms with E-state index in [9.17, 15) is 0 Å². The van der Waals surface area contributed by atoms with Crippen molar-refractivity contribution in [1.29, 1.82) is 0 Å². The number of rotatable bonds is 1. The lowest BCUT2D eigenvalue weighted by molar-refractivity contribution is 0.497. The third-order valence-electron chi connectivity index (χ3n) is 2.80. The van der Waals surface area contributed by atoms with Gasteiger partial charge >= 0.3 is 0 Å². The van der Waals surface area contributed by atoms with Gasteiger partial charge < -0.3 is 5.32 Å². The van der Waals surface area contributed by atoms with E-state index in [1.54, 1.807) is 0 Å². The van der Waals surface area contributed by atoms with Crippen LogP contribution >= 0.6 is 12.6 Å². The van der Waals surface area contributed by atoms with Gasteiger partial charge in [-0.3, -0.25) is 0 Å². The van der Waals surface area contributed by atoms with Crippen LogP contribution in [0.2, 0.25) is 0 Å². The average Bonchev–Trinajstić information content (AvgIpc) is 2.52. The second kappa shape index (κ2) is 3.72. The molecule has 1 aliphatic heterocycles. The van der Waals surface area contributed by atoms with Crippen LogP contribution in [0, 0.1) is 5.92 Å². The van der Waals surface area contributed by atoms with E-state index in [0.29, 0.717) is 6.04 Å².